The number of nitro benzene ring substituents is 1. The van der Waals surface area contributed by atoms with E-state index in [1.807, 2.05) is 6.92 Å². The second kappa shape index (κ2) is 5.16. The van der Waals surface area contributed by atoms with Gasteiger partial charge in [-0.25, -0.2) is 0 Å². The Labute approximate surface area is 99.4 Å². The summed E-state index contributed by atoms with van der Waals surface area (Å²) in [5, 5.41) is 19.3. The Morgan fingerprint density at radius 2 is 2.24 bits per heavy atom. The van der Waals surface area contributed by atoms with Crippen molar-refractivity contribution in [2.75, 3.05) is 17.7 Å². The van der Waals surface area contributed by atoms with E-state index < -0.39 is 4.92 Å². The topological polar surface area (TPSA) is 96.2 Å². The van der Waals surface area contributed by atoms with Gasteiger partial charge < -0.3 is 10.6 Å². The maximum Gasteiger partial charge on any atom is 0.273 e. The van der Waals surface area contributed by atoms with Crippen molar-refractivity contribution in [3.63, 3.8) is 0 Å². The Hall–Kier alpha value is -2.29. The number of rotatable bonds is 4. The fourth-order valence-electron chi connectivity index (χ4n) is 1.45. The molecule has 0 spiro atoms. The van der Waals surface area contributed by atoms with Crippen LogP contribution in [-0.4, -0.2) is 18.0 Å². The summed E-state index contributed by atoms with van der Waals surface area (Å²) in [5.41, 5.74) is 6.54. The van der Waals surface area contributed by atoms with Gasteiger partial charge in [0.15, 0.2) is 0 Å². The van der Waals surface area contributed by atoms with E-state index in [-0.39, 0.29) is 11.7 Å². The smallest absolute Gasteiger partial charge is 0.273 e. The van der Waals surface area contributed by atoms with Crippen molar-refractivity contribution >= 4 is 17.1 Å². The third-order valence-electron chi connectivity index (χ3n) is 2.59. The molecule has 17 heavy (non-hydrogen) atoms. The minimum Gasteiger partial charge on any atom is -0.398 e. The van der Waals surface area contributed by atoms with Crippen LogP contribution in [0.1, 0.15) is 13.3 Å². The molecule has 0 aliphatic rings. The van der Waals surface area contributed by atoms with Gasteiger partial charge in [-0.2, -0.15) is 5.26 Å². The highest BCUT2D eigenvalue weighted by Gasteiger charge is 2.14. The lowest BCUT2D eigenvalue weighted by Gasteiger charge is -2.25. The fraction of sp³-hybridized carbons (Fsp3) is 0.364. The molecule has 2 N–H and O–H groups in total. The predicted molar refractivity (Wildman–Crippen MR) is 65.6 cm³/mol. The van der Waals surface area contributed by atoms with Gasteiger partial charge in [-0.15, -0.1) is 0 Å². The minimum absolute atomic E-state index is 0.0265. The SMILES string of the molecule is CC(CC#N)N(C)c1cc(N)cc([N+](=O)[O-])c1. The Morgan fingerprint density at radius 3 is 2.76 bits per heavy atom. The van der Waals surface area contributed by atoms with Crippen LogP contribution in [0.5, 0.6) is 0 Å². The molecule has 6 heteroatoms. The van der Waals surface area contributed by atoms with E-state index in [1.54, 1.807) is 18.0 Å². The number of anilines is 2. The first-order chi connectivity index (χ1) is 7.95. The van der Waals surface area contributed by atoms with Crippen LogP contribution in [0.2, 0.25) is 0 Å². The van der Waals surface area contributed by atoms with Crippen molar-refractivity contribution in [3.8, 4) is 6.07 Å². The van der Waals surface area contributed by atoms with Crippen molar-refractivity contribution in [2.45, 2.75) is 19.4 Å². The number of nitrogen functional groups attached to an aromatic ring is 1. The molecule has 0 saturated heterocycles. The normalized spacial score (nSPS) is 11.6. The summed E-state index contributed by atoms with van der Waals surface area (Å²) >= 11 is 0. The summed E-state index contributed by atoms with van der Waals surface area (Å²) < 4.78 is 0. The van der Waals surface area contributed by atoms with Gasteiger partial charge in [-0.3, -0.25) is 10.1 Å². The maximum absolute atomic E-state index is 10.7. The largest absolute Gasteiger partial charge is 0.398 e. The quantitative estimate of drug-likeness (QED) is 0.487. The third-order valence-corrected chi connectivity index (χ3v) is 2.59. The van der Waals surface area contributed by atoms with Gasteiger partial charge in [0, 0.05) is 36.6 Å². The zero-order valence-electron chi connectivity index (χ0n) is 9.75. The molecule has 0 radical (unpaired) electrons. The number of hydrogen-bond acceptors (Lipinski definition) is 5. The average Bonchev–Trinajstić information content (AvgIpc) is 2.27. The molecule has 90 valence electrons. The lowest BCUT2D eigenvalue weighted by atomic mass is 10.1. The average molecular weight is 234 g/mol. The third kappa shape index (κ3) is 3.08. The van der Waals surface area contributed by atoms with Crippen LogP contribution in [-0.2, 0) is 0 Å². The number of nitrogens with two attached hydrogens (primary N) is 1. The van der Waals surface area contributed by atoms with Crippen LogP contribution < -0.4 is 10.6 Å². The second-order valence-electron chi connectivity index (χ2n) is 3.86. The molecule has 0 aliphatic carbocycles. The fourth-order valence-corrected chi connectivity index (χ4v) is 1.45. The van der Waals surface area contributed by atoms with Gasteiger partial charge >= 0.3 is 0 Å². The van der Waals surface area contributed by atoms with Gasteiger partial charge in [-0.05, 0) is 13.0 Å². The molecule has 1 atom stereocenters. The molecule has 0 aliphatic heterocycles. The van der Waals surface area contributed by atoms with Crippen molar-refractivity contribution < 1.29 is 4.92 Å². The molecule has 1 unspecified atom stereocenters. The Morgan fingerprint density at radius 1 is 1.59 bits per heavy atom. The first-order valence-corrected chi connectivity index (χ1v) is 5.10. The number of nitro groups is 1. The summed E-state index contributed by atoms with van der Waals surface area (Å²) in [5.74, 6) is 0. The lowest BCUT2D eigenvalue weighted by molar-refractivity contribution is -0.384. The molecule has 0 heterocycles. The zero-order valence-corrected chi connectivity index (χ0v) is 9.75. The zero-order chi connectivity index (χ0) is 13.0. The lowest BCUT2D eigenvalue weighted by Crippen LogP contribution is -2.28. The van der Waals surface area contributed by atoms with E-state index in [4.69, 9.17) is 11.0 Å². The first kappa shape index (κ1) is 12.8. The van der Waals surface area contributed by atoms with Crippen molar-refractivity contribution in [2.24, 2.45) is 0 Å². The molecule has 1 aromatic rings. The van der Waals surface area contributed by atoms with E-state index >= 15 is 0 Å². The molecule has 0 fully saturated rings. The molecule has 0 bridgehead atoms. The Balaban J connectivity index is 3.06. The summed E-state index contributed by atoms with van der Waals surface area (Å²) in [6.07, 6.45) is 0.346. The van der Waals surface area contributed by atoms with Gasteiger partial charge in [0.1, 0.15) is 0 Å². The molecule has 0 amide bonds. The van der Waals surface area contributed by atoms with E-state index in [0.29, 0.717) is 17.8 Å². The highest BCUT2D eigenvalue weighted by atomic mass is 16.6. The van der Waals surface area contributed by atoms with Crippen LogP contribution in [0.3, 0.4) is 0 Å². The van der Waals surface area contributed by atoms with Crippen molar-refractivity contribution in [1.29, 1.82) is 5.26 Å². The summed E-state index contributed by atoms with van der Waals surface area (Å²) in [4.78, 5) is 12.0. The Bertz CT molecular complexity index is 467. The molecule has 6 nitrogen and oxygen atoms in total. The Kier molecular flexibility index (Phi) is 3.88. The van der Waals surface area contributed by atoms with Crippen molar-refractivity contribution in [3.05, 3.63) is 28.3 Å². The van der Waals surface area contributed by atoms with Crippen LogP contribution in [0.4, 0.5) is 17.1 Å². The number of non-ortho nitro benzene ring substituents is 1. The van der Waals surface area contributed by atoms with Crippen molar-refractivity contribution in [1.82, 2.24) is 0 Å². The number of nitriles is 1. The molecular formula is C11H14N4O2. The monoisotopic (exact) mass is 234 g/mol. The van der Waals surface area contributed by atoms with Crippen LogP contribution in [0, 0.1) is 21.4 Å². The summed E-state index contributed by atoms with van der Waals surface area (Å²) in [6.45, 7) is 1.87. The highest BCUT2D eigenvalue weighted by molar-refractivity contribution is 5.62. The van der Waals surface area contributed by atoms with Gasteiger partial charge in [-0.1, -0.05) is 0 Å². The molecule has 0 aromatic heterocycles. The summed E-state index contributed by atoms with van der Waals surface area (Å²) in [6, 6.07) is 6.45. The van der Waals surface area contributed by atoms with Gasteiger partial charge in [0.2, 0.25) is 0 Å². The van der Waals surface area contributed by atoms with Gasteiger partial charge in [0.05, 0.1) is 17.4 Å². The molecular weight excluding hydrogens is 220 g/mol. The van der Waals surface area contributed by atoms with Crippen LogP contribution in [0.25, 0.3) is 0 Å². The molecule has 1 aromatic carbocycles. The highest BCUT2D eigenvalue weighted by Crippen LogP contribution is 2.26. The molecule has 1 rings (SSSR count). The first-order valence-electron chi connectivity index (χ1n) is 5.10. The predicted octanol–water partition coefficient (Wildman–Crippen LogP) is 1.92. The van der Waals surface area contributed by atoms with E-state index in [0.717, 1.165) is 0 Å². The maximum atomic E-state index is 10.7. The number of benzene rings is 1. The van der Waals surface area contributed by atoms with E-state index in [2.05, 4.69) is 6.07 Å². The minimum atomic E-state index is -0.483. The van der Waals surface area contributed by atoms with Crippen LogP contribution >= 0.6 is 0 Å². The number of hydrogen-bond donors (Lipinski definition) is 1. The standard InChI is InChI=1S/C11H14N4O2/c1-8(3-4-12)14(2)10-5-9(13)6-11(7-10)15(16)17/h5-8H,3,13H2,1-2H3. The second-order valence-corrected chi connectivity index (χ2v) is 3.86. The van der Waals surface area contributed by atoms with E-state index in [9.17, 15) is 10.1 Å². The number of nitrogens with zero attached hydrogens (tertiary/aromatic N) is 3. The van der Waals surface area contributed by atoms with Crippen LogP contribution in [0.15, 0.2) is 18.2 Å². The molecule has 0 saturated carbocycles. The summed E-state index contributed by atoms with van der Waals surface area (Å²) in [7, 11) is 1.78. The van der Waals surface area contributed by atoms with E-state index in [1.165, 1.54) is 12.1 Å². The van der Waals surface area contributed by atoms with Gasteiger partial charge in [0.25, 0.3) is 5.69 Å².